The van der Waals surface area contributed by atoms with E-state index in [9.17, 15) is 19.4 Å². The maximum absolute atomic E-state index is 14.0. The molecule has 10 heteroatoms. The molecule has 3 heterocycles. The molecule has 0 amide bonds. The highest BCUT2D eigenvalue weighted by atomic mass is 19.1. The summed E-state index contributed by atoms with van der Waals surface area (Å²) in [6.07, 6.45) is 0.497. The predicted octanol–water partition coefficient (Wildman–Crippen LogP) is 4.60. The van der Waals surface area contributed by atoms with Crippen molar-refractivity contribution in [3.8, 4) is 11.6 Å². The van der Waals surface area contributed by atoms with Gasteiger partial charge in [0.15, 0.2) is 5.82 Å². The second-order valence-corrected chi connectivity index (χ2v) is 10.3. The molecule has 0 saturated carbocycles. The van der Waals surface area contributed by atoms with E-state index < -0.39 is 17.7 Å². The number of rotatable bonds is 7. The van der Waals surface area contributed by atoms with Crippen LogP contribution in [0.15, 0.2) is 36.4 Å². The highest BCUT2D eigenvalue weighted by Gasteiger charge is 2.27. The van der Waals surface area contributed by atoms with Crippen LogP contribution in [0.4, 0.5) is 4.39 Å². The Balaban J connectivity index is 1.50. The van der Waals surface area contributed by atoms with Crippen molar-refractivity contribution in [1.29, 1.82) is 0 Å². The van der Waals surface area contributed by atoms with Crippen molar-refractivity contribution in [3.63, 3.8) is 0 Å². The minimum atomic E-state index is -0.883. The zero-order valence-corrected chi connectivity index (χ0v) is 22.5. The number of hydrogen-bond acceptors (Lipinski definition) is 7. The fourth-order valence-corrected chi connectivity index (χ4v) is 5.36. The van der Waals surface area contributed by atoms with Crippen molar-refractivity contribution in [3.05, 3.63) is 75.7 Å². The van der Waals surface area contributed by atoms with Gasteiger partial charge in [0.1, 0.15) is 23.1 Å². The largest absolute Gasteiger partial charge is 0.491 e. The number of carboxylic acids is 1. The maximum Gasteiger partial charge on any atom is 0.304 e. The first-order valence-electron chi connectivity index (χ1n) is 13.0. The molecule has 0 bridgehead atoms. The second kappa shape index (κ2) is 10.6. The monoisotopic (exact) mass is 533 g/mol. The number of halogens is 1. The number of pyridine rings is 1. The number of aliphatic carboxylic acids is 1. The minimum Gasteiger partial charge on any atom is -0.491 e. The Kier molecular flexibility index (Phi) is 7.22. The van der Waals surface area contributed by atoms with Gasteiger partial charge in [0, 0.05) is 38.7 Å². The van der Waals surface area contributed by atoms with Gasteiger partial charge in [-0.1, -0.05) is 36.4 Å². The van der Waals surface area contributed by atoms with Crippen LogP contribution in [-0.4, -0.2) is 53.7 Å². The van der Waals surface area contributed by atoms with Crippen LogP contribution in [-0.2, 0) is 24.9 Å². The van der Waals surface area contributed by atoms with E-state index in [4.69, 9.17) is 4.74 Å². The fraction of sp³-hybridized carbons (Fsp3) is 0.379. The molecule has 9 nitrogen and oxygen atoms in total. The van der Waals surface area contributed by atoms with Crippen LogP contribution >= 0.6 is 0 Å². The SMILES string of the molecule is CC[C@@H]1CN(Cc2cc([C@@H](CC(=O)O)c3ccc4c(nnn4C)c3C)ccc2C)Cc2nc(O)c(F)cc2O1. The first-order valence-corrected chi connectivity index (χ1v) is 13.0. The minimum absolute atomic E-state index is 0.0628. The fourth-order valence-electron chi connectivity index (χ4n) is 5.36. The summed E-state index contributed by atoms with van der Waals surface area (Å²) in [4.78, 5) is 18.2. The molecule has 0 radical (unpaired) electrons. The van der Waals surface area contributed by atoms with E-state index in [-0.39, 0.29) is 18.4 Å². The van der Waals surface area contributed by atoms with Gasteiger partial charge in [-0.2, -0.15) is 0 Å². The predicted molar refractivity (Wildman–Crippen MR) is 143 cm³/mol. The highest BCUT2D eigenvalue weighted by Crippen LogP contribution is 2.35. The number of aromatic nitrogens is 4. The summed E-state index contributed by atoms with van der Waals surface area (Å²) in [6.45, 7) is 7.53. The number of ether oxygens (including phenoxy) is 1. The molecule has 1 aliphatic rings. The lowest BCUT2D eigenvalue weighted by Gasteiger charge is -2.25. The third kappa shape index (κ3) is 5.29. The summed E-state index contributed by atoms with van der Waals surface area (Å²) < 4.78 is 21.7. The molecule has 0 aliphatic carbocycles. The van der Waals surface area contributed by atoms with Gasteiger partial charge in [0.2, 0.25) is 5.88 Å². The van der Waals surface area contributed by atoms with Gasteiger partial charge in [-0.15, -0.1) is 5.10 Å². The van der Waals surface area contributed by atoms with E-state index in [0.29, 0.717) is 31.1 Å². The van der Waals surface area contributed by atoms with Crippen LogP contribution in [0.3, 0.4) is 0 Å². The van der Waals surface area contributed by atoms with Crippen LogP contribution in [0.25, 0.3) is 11.0 Å². The molecule has 204 valence electrons. The van der Waals surface area contributed by atoms with Crippen molar-refractivity contribution in [2.45, 2.75) is 58.7 Å². The van der Waals surface area contributed by atoms with Crippen molar-refractivity contribution >= 4 is 17.0 Å². The Morgan fingerprint density at radius 2 is 2.03 bits per heavy atom. The van der Waals surface area contributed by atoms with E-state index >= 15 is 0 Å². The Labute approximate surface area is 225 Å². The number of carboxylic acid groups (broad SMARTS) is 1. The van der Waals surface area contributed by atoms with Crippen LogP contribution in [0, 0.1) is 19.7 Å². The van der Waals surface area contributed by atoms with Crippen molar-refractivity contribution in [2.75, 3.05) is 6.54 Å². The lowest BCUT2D eigenvalue weighted by atomic mass is 9.84. The van der Waals surface area contributed by atoms with Crippen LogP contribution < -0.4 is 4.74 Å². The standard InChI is InChI=1S/C29H32FN5O4/c1-5-20-14-35(15-24-26(39-20)12-23(30)29(38)31-24)13-19-10-18(7-6-16(19)2)22(11-27(36)37)21-8-9-25-28(17(21)3)32-33-34(25)4/h6-10,12,20,22H,5,11,13-15H2,1-4H3,(H,31,38)(H,36,37)/t20-,22-/m1/s1. The Morgan fingerprint density at radius 1 is 1.23 bits per heavy atom. The third-order valence-corrected chi connectivity index (χ3v) is 7.58. The molecule has 2 aromatic carbocycles. The topological polar surface area (TPSA) is 114 Å². The lowest BCUT2D eigenvalue weighted by molar-refractivity contribution is -0.137. The molecule has 0 saturated heterocycles. The van der Waals surface area contributed by atoms with Gasteiger partial charge >= 0.3 is 5.97 Å². The molecule has 0 fully saturated rings. The summed E-state index contributed by atoms with van der Waals surface area (Å²) in [6, 6.07) is 11.2. The average molecular weight is 534 g/mol. The smallest absolute Gasteiger partial charge is 0.304 e. The molecule has 2 N–H and O–H groups in total. The summed E-state index contributed by atoms with van der Waals surface area (Å²) in [5.41, 5.74) is 6.98. The van der Waals surface area contributed by atoms with Gasteiger partial charge in [-0.05, 0) is 54.2 Å². The van der Waals surface area contributed by atoms with Gasteiger partial charge in [0.25, 0.3) is 0 Å². The molecule has 5 rings (SSSR count). The van der Waals surface area contributed by atoms with Crippen molar-refractivity contribution in [2.24, 2.45) is 7.05 Å². The van der Waals surface area contributed by atoms with Crippen LogP contribution in [0.5, 0.6) is 11.6 Å². The van der Waals surface area contributed by atoms with Gasteiger partial charge in [-0.3, -0.25) is 9.69 Å². The second-order valence-electron chi connectivity index (χ2n) is 10.3. The number of aryl methyl sites for hydroxylation is 3. The molecule has 2 aromatic heterocycles. The summed E-state index contributed by atoms with van der Waals surface area (Å²) in [5.74, 6) is -2.35. The number of nitrogens with zero attached hydrogens (tertiary/aromatic N) is 5. The molecule has 2 atom stereocenters. The van der Waals surface area contributed by atoms with E-state index in [1.807, 2.05) is 52.1 Å². The molecule has 0 spiro atoms. The molecule has 39 heavy (non-hydrogen) atoms. The number of benzene rings is 2. The quantitative estimate of drug-likeness (QED) is 0.354. The number of aromatic hydroxyl groups is 1. The van der Waals surface area contributed by atoms with Gasteiger partial charge in [-0.25, -0.2) is 14.1 Å². The lowest BCUT2D eigenvalue weighted by Crippen LogP contribution is -2.32. The van der Waals surface area contributed by atoms with Crippen LogP contribution in [0.1, 0.15) is 59.2 Å². The third-order valence-electron chi connectivity index (χ3n) is 7.58. The molecular formula is C29H32FN5O4. The number of hydrogen-bond donors (Lipinski definition) is 2. The van der Waals surface area contributed by atoms with Crippen LogP contribution in [0.2, 0.25) is 0 Å². The first-order chi connectivity index (χ1) is 18.6. The Bertz CT molecular complexity index is 1550. The summed E-state index contributed by atoms with van der Waals surface area (Å²) in [5, 5.41) is 28.1. The van der Waals surface area contributed by atoms with E-state index in [0.717, 1.165) is 45.3 Å². The number of fused-ring (bicyclic) bond motifs is 2. The zero-order chi connectivity index (χ0) is 27.8. The van der Waals surface area contributed by atoms with Gasteiger partial charge in [0.05, 0.1) is 11.9 Å². The van der Waals surface area contributed by atoms with E-state index in [1.165, 1.54) is 6.07 Å². The summed E-state index contributed by atoms with van der Waals surface area (Å²) in [7, 11) is 1.83. The van der Waals surface area contributed by atoms with Gasteiger partial charge < -0.3 is 14.9 Å². The Hall–Kier alpha value is -4.05. The highest BCUT2D eigenvalue weighted by molar-refractivity contribution is 5.80. The Morgan fingerprint density at radius 3 is 2.77 bits per heavy atom. The average Bonchev–Trinajstić information content (AvgIpc) is 3.19. The molecular weight excluding hydrogens is 501 g/mol. The maximum atomic E-state index is 14.0. The molecule has 0 unspecified atom stereocenters. The summed E-state index contributed by atoms with van der Waals surface area (Å²) >= 11 is 0. The molecule has 1 aliphatic heterocycles. The normalized spacial score (nSPS) is 16.5. The molecule has 4 aromatic rings. The first kappa shape index (κ1) is 26.6. The van der Waals surface area contributed by atoms with E-state index in [1.54, 1.807) is 4.68 Å². The van der Waals surface area contributed by atoms with Crippen molar-refractivity contribution < 1.29 is 24.1 Å². The number of carbonyl (C=O) groups is 1. The zero-order valence-electron chi connectivity index (χ0n) is 22.5. The van der Waals surface area contributed by atoms with Crippen molar-refractivity contribution in [1.82, 2.24) is 24.9 Å². The van der Waals surface area contributed by atoms with E-state index in [2.05, 4.69) is 26.3 Å².